The van der Waals surface area contributed by atoms with Crippen LogP contribution in [0.15, 0.2) is 24.3 Å². The van der Waals surface area contributed by atoms with Crippen molar-refractivity contribution in [2.45, 2.75) is 12.8 Å². The van der Waals surface area contributed by atoms with Crippen molar-refractivity contribution in [1.82, 2.24) is 0 Å². The fraction of sp³-hybridized carbons (Fsp3) is 0.273. The Kier molecular flexibility index (Phi) is 4.79. The number of nitrogens with one attached hydrogen (secondary N) is 1. The van der Waals surface area contributed by atoms with Gasteiger partial charge in [0.25, 0.3) is 5.91 Å². The van der Waals surface area contributed by atoms with Gasteiger partial charge in [0.1, 0.15) is 0 Å². The first kappa shape index (κ1) is 12.5. The highest BCUT2D eigenvalue weighted by Gasteiger charge is 2.09. The monoisotopic (exact) mass is 240 g/mol. The Bertz CT molecular complexity index is 393. The minimum absolute atomic E-state index is 0.172. The van der Waals surface area contributed by atoms with Crippen LogP contribution in [0.1, 0.15) is 23.2 Å². The fourth-order valence-electron chi connectivity index (χ4n) is 1.25. The van der Waals surface area contributed by atoms with E-state index in [-0.39, 0.29) is 5.91 Å². The number of carbonyl (C=O) groups excluding carboxylic acids is 2. The Hall–Kier alpha value is -1.55. The van der Waals surface area contributed by atoms with Crippen LogP contribution in [0.25, 0.3) is 0 Å². The summed E-state index contributed by atoms with van der Waals surface area (Å²) in [7, 11) is 0. The van der Waals surface area contributed by atoms with Crippen LogP contribution in [0.5, 0.6) is 0 Å². The summed E-state index contributed by atoms with van der Waals surface area (Å²) < 4.78 is 0. The lowest BCUT2D eigenvalue weighted by molar-refractivity contribution is -0.116. The number of hydrogen-bond donors (Lipinski definition) is 2. The van der Waals surface area contributed by atoms with Crippen molar-refractivity contribution < 1.29 is 9.59 Å². The number of benzene rings is 1. The Balaban J connectivity index is 2.73. The van der Waals surface area contributed by atoms with Gasteiger partial charge in [-0.3, -0.25) is 9.59 Å². The summed E-state index contributed by atoms with van der Waals surface area (Å²) in [5, 5.41) is 2.63. The van der Waals surface area contributed by atoms with Crippen molar-refractivity contribution in [1.29, 1.82) is 0 Å². The molecule has 0 unspecified atom stereocenters. The molecule has 0 aliphatic heterocycles. The number of halogens is 1. The summed E-state index contributed by atoms with van der Waals surface area (Å²) in [6, 6.07) is 6.62. The topological polar surface area (TPSA) is 72.2 Å². The predicted octanol–water partition coefficient (Wildman–Crippen LogP) is 1.74. The summed E-state index contributed by atoms with van der Waals surface area (Å²) in [6.07, 6.45) is 0.933. The van der Waals surface area contributed by atoms with E-state index in [1.807, 2.05) is 0 Å². The molecule has 1 aromatic carbocycles. The largest absolute Gasteiger partial charge is 0.366 e. The standard InChI is InChI=1S/C11H13ClN2O2/c12-7-3-6-10(15)14-9-5-2-1-4-8(9)11(13)16/h1-2,4-5H,3,6-7H2,(H2,13,16)(H,14,15). The van der Waals surface area contributed by atoms with Gasteiger partial charge in [0.2, 0.25) is 5.91 Å². The fourth-order valence-corrected chi connectivity index (χ4v) is 1.38. The van der Waals surface area contributed by atoms with Gasteiger partial charge in [-0.1, -0.05) is 12.1 Å². The van der Waals surface area contributed by atoms with E-state index in [4.69, 9.17) is 17.3 Å². The average molecular weight is 241 g/mol. The molecule has 2 amide bonds. The molecule has 0 spiro atoms. The maximum absolute atomic E-state index is 11.4. The van der Waals surface area contributed by atoms with Crippen molar-refractivity contribution in [3.63, 3.8) is 0 Å². The molecular formula is C11H13ClN2O2. The quantitative estimate of drug-likeness (QED) is 0.770. The highest BCUT2D eigenvalue weighted by atomic mass is 35.5. The number of nitrogens with two attached hydrogens (primary N) is 1. The summed E-state index contributed by atoms with van der Waals surface area (Å²) in [4.78, 5) is 22.5. The van der Waals surface area contributed by atoms with Crippen molar-refractivity contribution in [3.05, 3.63) is 29.8 Å². The molecule has 1 aromatic rings. The number of anilines is 1. The molecule has 3 N–H and O–H groups in total. The molecule has 0 aliphatic rings. The van der Waals surface area contributed by atoms with Gasteiger partial charge < -0.3 is 11.1 Å². The minimum atomic E-state index is -0.562. The zero-order chi connectivity index (χ0) is 12.0. The van der Waals surface area contributed by atoms with E-state index in [1.54, 1.807) is 24.3 Å². The van der Waals surface area contributed by atoms with Gasteiger partial charge in [-0.05, 0) is 18.6 Å². The lowest BCUT2D eigenvalue weighted by atomic mass is 10.1. The number of alkyl halides is 1. The Morgan fingerprint density at radius 1 is 1.31 bits per heavy atom. The highest BCUT2D eigenvalue weighted by molar-refractivity contribution is 6.18. The van der Waals surface area contributed by atoms with Crippen LogP contribution in [-0.2, 0) is 4.79 Å². The number of amides is 2. The van der Waals surface area contributed by atoms with Crippen molar-refractivity contribution >= 4 is 29.1 Å². The molecule has 0 aliphatic carbocycles. The van der Waals surface area contributed by atoms with Crippen LogP contribution in [-0.4, -0.2) is 17.7 Å². The lowest BCUT2D eigenvalue weighted by Crippen LogP contribution is -2.17. The second-order valence-electron chi connectivity index (χ2n) is 3.25. The SMILES string of the molecule is NC(=O)c1ccccc1NC(=O)CCCCl. The van der Waals surface area contributed by atoms with E-state index in [9.17, 15) is 9.59 Å². The van der Waals surface area contributed by atoms with E-state index in [0.717, 1.165) is 0 Å². The van der Waals surface area contributed by atoms with Crippen LogP contribution in [0.2, 0.25) is 0 Å². The van der Waals surface area contributed by atoms with Crippen LogP contribution < -0.4 is 11.1 Å². The van der Waals surface area contributed by atoms with Crippen LogP contribution in [0.3, 0.4) is 0 Å². The summed E-state index contributed by atoms with van der Waals surface area (Å²) in [5.41, 5.74) is 5.93. The number of hydrogen-bond acceptors (Lipinski definition) is 2. The molecule has 5 heteroatoms. The number of primary amides is 1. The van der Waals surface area contributed by atoms with E-state index in [1.165, 1.54) is 0 Å². The van der Waals surface area contributed by atoms with Gasteiger partial charge in [-0.2, -0.15) is 0 Å². The Morgan fingerprint density at radius 3 is 2.62 bits per heavy atom. The van der Waals surface area contributed by atoms with Gasteiger partial charge in [0.15, 0.2) is 0 Å². The lowest BCUT2D eigenvalue weighted by Gasteiger charge is -2.07. The molecular weight excluding hydrogens is 228 g/mol. The molecule has 0 saturated heterocycles. The maximum atomic E-state index is 11.4. The van der Waals surface area contributed by atoms with E-state index >= 15 is 0 Å². The van der Waals surface area contributed by atoms with E-state index < -0.39 is 5.91 Å². The first-order valence-corrected chi connectivity index (χ1v) is 5.43. The molecule has 0 bridgehead atoms. The van der Waals surface area contributed by atoms with Crippen LogP contribution in [0, 0.1) is 0 Å². The highest BCUT2D eigenvalue weighted by Crippen LogP contribution is 2.14. The molecule has 1 rings (SSSR count). The van der Waals surface area contributed by atoms with Gasteiger partial charge in [0.05, 0.1) is 11.3 Å². The summed E-state index contributed by atoms with van der Waals surface area (Å²) in [5.74, 6) is -0.298. The number of para-hydroxylation sites is 1. The predicted molar refractivity (Wildman–Crippen MR) is 63.5 cm³/mol. The average Bonchev–Trinajstić information content (AvgIpc) is 2.27. The van der Waals surface area contributed by atoms with Crippen molar-refractivity contribution in [3.8, 4) is 0 Å². The normalized spacial score (nSPS) is 9.81. The molecule has 4 nitrogen and oxygen atoms in total. The molecule has 16 heavy (non-hydrogen) atoms. The van der Waals surface area contributed by atoms with Crippen molar-refractivity contribution in [2.75, 3.05) is 11.2 Å². The van der Waals surface area contributed by atoms with Crippen LogP contribution in [0.4, 0.5) is 5.69 Å². The Labute approximate surface area is 98.8 Å². The molecule has 0 atom stereocenters. The van der Waals surface area contributed by atoms with Gasteiger partial charge in [-0.15, -0.1) is 11.6 Å². The number of carbonyl (C=O) groups is 2. The van der Waals surface area contributed by atoms with Crippen LogP contribution >= 0.6 is 11.6 Å². The van der Waals surface area contributed by atoms with Gasteiger partial charge in [-0.25, -0.2) is 0 Å². The van der Waals surface area contributed by atoms with E-state index in [2.05, 4.69) is 5.32 Å². The zero-order valence-electron chi connectivity index (χ0n) is 8.70. The Morgan fingerprint density at radius 2 is 2.00 bits per heavy atom. The second-order valence-corrected chi connectivity index (χ2v) is 3.63. The summed E-state index contributed by atoms with van der Waals surface area (Å²) in [6.45, 7) is 0. The first-order chi connectivity index (χ1) is 7.65. The first-order valence-electron chi connectivity index (χ1n) is 4.90. The van der Waals surface area contributed by atoms with E-state index in [0.29, 0.717) is 30.0 Å². The molecule has 0 radical (unpaired) electrons. The molecule has 0 heterocycles. The van der Waals surface area contributed by atoms with Gasteiger partial charge in [0, 0.05) is 12.3 Å². The second kappa shape index (κ2) is 6.12. The minimum Gasteiger partial charge on any atom is -0.366 e. The molecule has 0 aromatic heterocycles. The third kappa shape index (κ3) is 3.55. The summed E-state index contributed by atoms with van der Waals surface area (Å²) >= 11 is 5.48. The molecule has 0 saturated carbocycles. The van der Waals surface area contributed by atoms with Gasteiger partial charge >= 0.3 is 0 Å². The maximum Gasteiger partial charge on any atom is 0.250 e. The molecule has 86 valence electrons. The molecule has 0 fully saturated rings. The number of rotatable bonds is 5. The van der Waals surface area contributed by atoms with Crippen molar-refractivity contribution in [2.24, 2.45) is 5.73 Å². The zero-order valence-corrected chi connectivity index (χ0v) is 9.46. The smallest absolute Gasteiger partial charge is 0.250 e. The third-order valence-corrected chi connectivity index (χ3v) is 2.27. The third-order valence-electron chi connectivity index (χ3n) is 2.00.